The Balaban J connectivity index is 2.75. The van der Waals surface area contributed by atoms with Crippen molar-refractivity contribution in [1.82, 2.24) is 0 Å². The summed E-state index contributed by atoms with van der Waals surface area (Å²) in [7, 11) is 0. The average molecular weight is 251 g/mol. The lowest BCUT2D eigenvalue weighted by Crippen LogP contribution is -2.10. The summed E-state index contributed by atoms with van der Waals surface area (Å²) >= 11 is 9.16. The number of ether oxygens (including phenoxy) is 1. The molecule has 0 atom stereocenters. The van der Waals surface area contributed by atoms with E-state index < -0.39 is 0 Å². The lowest BCUT2D eigenvalue weighted by molar-refractivity contribution is 0.328. The van der Waals surface area contributed by atoms with E-state index in [2.05, 4.69) is 15.9 Å². The average Bonchev–Trinajstić information content (AvgIpc) is 2.07. The number of rotatable bonds is 3. The highest BCUT2D eigenvalue weighted by Gasteiger charge is 2.00. The van der Waals surface area contributed by atoms with E-state index in [4.69, 9.17) is 22.1 Å². The fourth-order valence-corrected chi connectivity index (χ4v) is 1.27. The second kappa shape index (κ2) is 4.70. The van der Waals surface area contributed by atoms with Crippen molar-refractivity contribution in [3.8, 4) is 5.75 Å². The molecule has 0 spiro atoms. The molecule has 0 fully saturated rings. The Morgan fingerprint density at radius 3 is 2.92 bits per heavy atom. The third-order valence-corrected chi connectivity index (χ3v) is 2.07. The van der Waals surface area contributed by atoms with Gasteiger partial charge in [0, 0.05) is 11.0 Å². The summed E-state index contributed by atoms with van der Waals surface area (Å²) in [6, 6.07) is 5.45. The van der Waals surface area contributed by atoms with Crippen LogP contribution in [0, 0.1) is 0 Å². The van der Waals surface area contributed by atoms with E-state index in [1.807, 2.05) is 12.1 Å². The van der Waals surface area contributed by atoms with Gasteiger partial charge in [-0.05, 0) is 18.2 Å². The second-order valence-electron chi connectivity index (χ2n) is 2.21. The van der Waals surface area contributed by atoms with Gasteiger partial charge in [0.2, 0.25) is 0 Å². The summed E-state index contributed by atoms with van der Waals surface area (Å²) in [5.41, 5.74) is 5.28. The molecule has 66 valence electrons. The van der Waals surface area contributed by atoms with Crippen molar-refractivity contribution in [2.24, 2.45) is 5.73 Å². The Morgan fingerprint density at radius 2 is 2.25 bits per heavy atom. The SMILES string of the molecule is NCCOc1cc(Br)ccc1Cl. The highest BCUT2D eigenvalue weighted by Crippen LogP contribution is 2.27. The normalized spacial score (nSPS) is 9.92. The minimum Gasteiger partial charge on any atom is -0.491 e. The van der Waals surface area contributed by atoms with E-state index in [0.29, 0.717) is 23.9 Å². The van der Waals surface area contributed by atoms with Crippen molar-refractivity contribution in [3.63, 3.8) is 0 Å². The molecule has 0 aliphatic rings. The van der Waals surface area contributed by atoms with Gasteiger partial charge in [0.05, 0.1) is 5.02 Å². The van der Waals surface area contributed by atoms with Crippen molar-refractivity contribution in [2.75, 3.05) is 13.2 Å². The smallest absolute Gasteiger partial charge is 0.139 e. The summed E-state index contributed by atoms with van der Waals surface area (Å²) in [5.74, 6) is 0.663. The van der Waals surface area contributed by atoms with E-state index in [1.165, 1.54) is 0 Å². The first-order valence-corrected chi connectivity index (χ1v) is 4.69. The Kier molecular flexibility index (Phi) is 3.85. The van der Waals surface area contributed by atoms with Crippen molar-refractivity contribution in [2.45, 2.75) is 0 Å². The molecule has 0 saturated carbocycles. The molecular formula is C8H9BrClNO. The predicted molar refractivity (Wildman–Crippen MR) is 53.7 cm³/mol. The molecule has 0 bridgehead atoms. The molecule has 0 aliphatic heterocycles. The molecule has 0 amide bonds. The lowest BCUT2D eigenvalue weighted by Gasteiger charge is -2.06. The highest BCUT2D eigenvalue weighted by atomic mass is 79.9. The second-order valence-corrected chi connectivity index (χ2v) is 3.53. The van der Waals surface area contributed by atoms with Gasteiger partial charge in [0.25, 0.3) is 0 Å². The molecule has 12 heavy (non-hydrogen) atoms. The molecule has 1 aromatic carbocycles. The van der Waals surface area contributed by atoms with Gasteiger partial charge in [-0.2, -0.15) is 0 Å². The molecule has 2 nitrogen and oxygen atoms in total. The van der Waals surface area contributed by atoms with Crippen LogP contribution in [0.15, 0.2) is 22.7 Å². The van der Waals surface area contributed by atoms with Crippen molar-refractivity contribution in [1.29, 1.82) is 0 Å². The van der Waals surface area contributed by atoms with Gasteiger partial charge in [-0.15, -0.1) is 0 Å². The first kappa shape index (κ1) is 9.84. The molecular weight excluding hydrogens is 241 g/mol. The van der Waals surface area contributed by atoms with E-state index in [-0.39, 0.29) is 0 Å². The van der Waals surface area contributed by atoms with Gasteiger partial charge < -0.3 is 10.5 Å². The van der Waals surface area contributed by atoms with Crippen LogP contribution in [-0.2, 0) is 0 Å². The zero-order valence-corrected chi connectivity index (χ0v) is 8.73. The van der Waals surface area contributed by atoms with Crippen molar-refractivity contribution < 1.29 is 4.74 Å². The minimum absolute atomic E-state index is 0.482. The van der Waals surface area contributed by atoms with Crippen LogP contribution in [0.4, 0.5) is 0 Å². The third-order valence-electron chi connectivity index (χ3n) is 1.27. The van der Waals surface area contributed by atoms with E-state index >= 15 is 0 Å². The van der Waals surface area contributed by atoms with Crippen LogP contribution in [0.1, 0.15) is 0 Å². The fraction of sp³-hybridized carbons (Fsp3) is 0.250. The summed E-state index contributed by atoms with van der Waals surface area (Å²) < 4.78 is 6.22. The molecule has 0 unspecified atom stereocenters. The summed E-state index contributed by atoms with van der Waals surface area (Å²) in [6.45, 7) is 0.971. The van der Waals surface area contributed by atoms with E-state index in [1.54, 1.807) is 6.07 Å². The van der Waals surface area contributed by atoms with Gasteiger partial charge in [-0.3, -0.25) is 0 Å². The maximum Gasteiger partial charge on any atom is 0.139 e. The largest absolute Gasteiger partial charge is 0.491 e. The maximum absolute atomic E-state index is 5.85. The topological polar surface area (TPSA) is 35.2 Å². The molecule has 0 saturated heterocycles. The molecule has 1 rings (SSSR count). The van der Waals surface area contributed by atoms with Gasteiger partial charge in [-0.1, -0.05) is 27.5 Å². The van der Waals surface area contributed by atoms with Crippen LogP contribution in [0.25, 0.3) is 0 Å². The Labute approximate surface area is 84.8 Å². The quantitative estimate of drug-likeness (QED) is 0.894. The van der Waals surface area contributed by atoms with Crippen LogP contribution >= 0.6 is 27.5 Å². The molecule has 2 N–H and O–H groups in total. The van der Waals surface area contributed by atoms with Crippen LogP contribution in [-0.4, -0.2) is 13.2 Å². The Hall–Kier alpha value is -0.250. The summed E-state index contributed by atoms with van der Waals surface area (Å²) in [5, 5.41) is 0.603. The standard InChI is InChI=1S/C8H9BrClNO/c9-6-1-2-7(10)8(5-6)12-4-3-11/h1-2,5H,3-4,11H2. The molecule has 4 heteroatoms. The zero-order chi connectivity index (χ0) is 8.97. The molecule has 1 aromatic rings. The predicted octanol–water partition coefficient (Wildman–Crippen LogP) is 2.44. The lowest BCUT2D eigenvalue weighted by atomic mass is 10.3. The Bertz CT molecular complexity index is 267. The van der Waals surface area contributed by atoms with Gasteiger partial charge in [-0.25, -0.2) is 0 Å². The number of hydrogen-bond acceptors (Lipinski definition) is 2. The first-order chi connectivity index (χ1) is 5.74. The van der Waals surface area contributed by atoms with Crippen LogP contribution in [0.3, 0.4) is 0 Å². The molecule has 0 aliphatic carbocycles. The minimum atomic E-state index is 0.482. The van der Waals surface area contributed by atoms with Gasteiger partial charge >= 0.3 is 0 Å². The number of halogens is 2. The van der Waals surface area contributed by atoms with E-state index in [0.717, 1.165) is 4.47 Å². The molecule has 0 aromatic heterocycles. The summed E-state index contributed by atoms with van der Waals surface area (Å²) in [4.78, 5) is 0. The number of nitrogens with two attached hydrogens (primary N) is 1. The van der Waals surface area contributed by atoms with Gasteiger partial charge in [0.15, 0.2) is 0 Å². The van der Waals surface area contributed by atoms with Crippen molar-refractivity contribution >= 4 is 27.5 Å². The van der Waals surface area contributed by atoms with Crippen molar-refractivity contribution in [3.05, 3.63) is 27.7 Å². The van der Waals surface area contributed by atoms with E-state index in [9.17, 15) is 0 Å². The maximum atomic E-state index is 5.85. The molecule has 0 heterocycles. The zero-order valence-electron chi connectivity index (χ0n) is 6.39. The first-order valence-electron chi connectivity index (χ1n) is 3.52. The van der Waals surface area contributed by atoms with Crippen LogP contribution < -0.4 is 10.5 Å². The number of hydrogen-bond donors (Lipinski definition) is 1. The fourth-order valence-electron chi connectivity index (χ4n) is 0.757. The number of benzene rings is 1. The van der Waals surface area contributed by atoms with Crippen LogP contribution in [0.2, 0.25) is 5.02 Å². The van der Waals surface area contributed by atoms with Crippen LogP contribution in [0.5, 0.6) is 5.75 Å². The molecule has 0 radical (unpaired) electrons. The monoisotopic (exact) mass is 249 g/mol. The summed E-state index contributed by atoms with van der Waals surface area (Å²) in [6.07, 6.45) is 0. The van der Waals surface area contributed by atoms with Gasteiger partial charge in [0.1, 0.15) is 12.4 Å². The third kappa shape index (κ3) is 2.66. The Morgan fingerprint density at radius 1 is 1.50 bits per heavy atom. The highest BCUT2D eigenvalue weighted by molar-refractivity contribution is 9.10.